The lowest BCUT2D eigenvalue weighted by atomic mass is 10.1. The molecule has 5 nitrogen and oxygen atoms in total. The largest absolute Gasteiger partial charge is 0.497 e. The van der Waals surface area contributed by atoms with Gasteiger partial charge in [0.25, 0.3) is 5.91 Å². The van der Waals surface area contributed by atoms with Gasteiger partial charge in [-0.2, -0.15) is 5.26 Å². The molecule has 0 saturated heterocycles. The van der Waals surface area contributed by atoms with Crippen molar-refractivity contribution in [3.05, 3.63) is 41.6 Å². The van der Waals surface area contributed by atoms with Crippen LogP contribution in [-0.4, -0.2) is 37.6 Å². The molecule has 136 valence electrons. The van der Waals surface area contributed by atoms with Gasteiger partial charge in [0.15, 0.2) is 0 Å². The highest BCUT2D eigenvalue weighted by Gasteiger charge is 2.10. The minimum atomic E-state index is -0.311. The monoisotopic (exact) mass is 343 g/mol. The number of hydrogen-bond acceptors (Lipinski definition) is 4. The molecule has 0 atom stereocenters. The molecular formula is C20H29N3O2. The molecule has 0 heterocycles. The molecule has 0 aromatic heterocycles. The highest BCUT2D eigenvalue weighted by molar-refractivity contribution is 5.97. The van der Waals surface area contributed by atoms with Crippen molar-refractivity contribution in [1.29, 1.82) is 5.26 Å². The van der Waals surface area contributed by atoms with Gasteiger partial charge in [0, 0.05) is 25.8 Å². The van der Waals surface area contributed by atoms with E-state index in [1.807, 2.05) is 30.3 Å². The first-order valence-electron chi connectivity index (χ1n) is 8.91. The quantitative estimate of drug-likeness (QED) is 0.495. The Kier molecular flexibility index (Phi) is 9.84. The van der Waals surface area contributed by atoms with Gasteiger partial charge >= 0.3 is 0 Å². The number of ether oxygens (including phenoxy) is 1. The second-order valence-electron chi connectivity index (χ2n) is 5.90. The number of carbonyl (C=O) groups is 1. The Morgan fingerprint density at radius 1 is 1.24 bits per heavy atom. The Bertz CT molecular complexity index is 588. The number of hydrogen-bond donors (Lipinski definition) is 1. The van der Waals surface area contributed by atoms with Crippen LogP contribution in [-0.2, 0) is 11.2 Å². The van der Waals surface area contributed by atoms with E-state index in [-0.39, 0.29) is 11.5 Å². The third kappa shape index (κ3) is 7.75. The Morgan fingerprint density at radius 3 is 2.52 bits per heavy atom. The maximum Gasteiger partial charge on any atom is 0.263 e. The fraction of sp³-hybridized carbons (Fsp3) is 0.500. The summed E-state index contributed by atoms with van der Waals surface area (Å²) in [5.74, 6) is 0.499. The molecule has 0 fully saturated rings. The molecule has 5 heteroatoms. The number of nitriles is 1. The molecule has 0 saturated carbocycles. The number of rotatable bonds is 11. The Morgan fingerprint density at radius 2 is 1.96 bits per heavy atom. The lowest BCUT2D eigenvalue weighted by molar-refractivity contribution is -0.117. The molecule has 25 heavy (non-hydrogen) atoms. The van der Waals surface area contributed by atoms with Crippen LogP contribution in [0.25, 0.3) is 0 Å². The molecule has 1 aromatic carbocycles. The number of unbranched alkanes of at least 4 members (excludes halogenated alkanes) is 1. The molecule has 0 bridgehead atoms. The minimum Gasteiger partial charge on any atom is -0.497 e. The van der Waals surface area contributed by atoms with E-state index in [4.69, 9.17) is 4.74 Å². The Balaban J connectivity index is 2.56. The molecule has 0 aliphatic heterocycles. The zero-order chi connectivity index (χ0) is 18.5. The van der Waals surface area contributed by atoms with Gasteiger partial charge < -0.3 is 15.0 Å². The standard InChI is InChI=1S/C20H29N3O2/c1-4-6-14-23(13-5-2)16-18(15-21)20(24)22-12-11-17-7-9-19(25-3)10-8-17/h7-10,16H,4-6,11-14H2,1-3H3,(H,22,24)/b18-16-. The smallest absolute Gasteiger partial charge is 0.263 e. The van der Waals surface area contributed by atoms with Crippen molar-refractivity contribution in [3.8, 4) is 11.8 Å². The van der Waals surface area contributed by atoms with Gasteiger partial charge in [0.1, 0.15) is 17.4 Å². The number of nitrogens with one attached hydrogen (secondary N) is 1. The summed E-state index contributed by atoms with van der Waals surface area (Å²) in [6.07, 6.45) is 5.53. The third-order valence-electron chi connectivity index (χ3n) is 3.84. The van der Waals surface area contributed by atoms with Gasteiger partial charge in [0.05, 0.1) is 7.11 Å². The van der Waals surface area contributed by atoms with Crippen molar-refractivity contribution in [2.75, 3.05) is 26.7 Å². The van der Waals surface area contributed by atoms with Gasteiger partial charge in [-0.25, -0.2) is 0 Å². The predicted octanol–water partition coefficient (Wildman–Crippen LogP) is 3.27. The number of benzene rings is 1. The molecular weight excluding hydrogens is 314 g/mol. The lowest BCUT2D eigenvalue weighted by Gasteiger charge is -2.19. The highest BCUT2D eigenvalue weighted by Crippen LogP contribution is 2.11. The van der Waals surface area contributed by atoms with E-state index in [1.165, 1.54) is 0 Å². The molecule has 1 aromatic rings. The zero-order valence-corrected chi connectivity index (χ0v) is 15.5. The number of amides is 1. The normalized spacial score (nSPS) is 10.9. The average Bonchev–Trinajstić information content (AvgIpc) is 2.64. The van der Waals surface area contributed by atoms with E-state index in [1.54, 1.807) is 13.3 Å². The summed E-state index contributed by atoms with van der Waals surface area (Å²) in [5, 5.41) is 12.1. The average molecular weight is 343 g/mol. The zero-order valence-electron chi connectivity index (χ0n) is 15.5. The summed E-state index contributed by atoms with van der Waals surface area (Å²) in [6, 6.07) is 9.76. The maximum atomic E-state index is 12.2. The topological polar surface area (TPSA) is 65.4 Å². The third-order valence-corrected chi connectivity index (χ3v) is 3.84. The first-order chi connectivity index (χ1) is 12.1. The summed E-state index contributed by atoms with van der Waals surface area (Å²) < 4.78 is 5.12. The van der Waals surface area contributed by atoms with Gasteiger partial charge in [-0.1, -0.05) is 32.4 Å². The van der Waals surface area contributed by atoms with Crippen LogP contribution in [0, 0.1) is 11.3 Å². The molecule has 0 spiro atoms. The van der Waals surface area contributed by atoms with E-state index in [0.717, 1.165) is 43.7 Å². The summed E-state index contributed by atoms with van der Waals surface area (Å²) >= 11 is 0. The highest BCUT2D eigenvalue weighted by atomic mass is 16.5. The van der Waals surface area contributed by atoms with E-state index in [9.17, 15) is 10.1 Å². The van der Waals surface area contributed by atoms with Crippen molar-refractivity contribution in [2.24, 2.45) is 0 Å². The van der Waals surface area contributed by atoms with Crippen LogP contribution in [0.5, 0.6) is 5.75 Å². The van der Waals surface area contributed by atoms with Crippen LogP contribution in [0.15, 0.2) is 36.0 Å². The fourth-order valence-electron chi connectivity index (χ4n) is 2.42. The molecule has 0 aliphatic carbocycles. The summed E-state index contributed by atoms with van der Waals surface area (Å²) in [6.45, 7) is 6.44. The summed E-state index contributed by atoms with van der Waals surface area (Å²) in [5.41, 5.74) is 1.28. The van der Waals surface area contributed by atoms with Crippen LogP contribution >= 0.6 is 0 Å². The molecule has 1 amide bonds. The van der Waals surface area contributed by atoms with Crippen molar-refractivity contribution in [2.45, 2.75) is 39.5 Å². The number of nitrogens with zero attached hydrogens (tertiary/aromatic N) is 2. The van der Waals surface area contributed by atoms with Crippen LogP contribution in [0.1, 0.15) is 38.7 Å². The van der Waals surface area contributed by atoms with E-state index < -0.39 is 0 Å². The molecule has 0 aliphatic rings. The Hall–Kier alpha value is -2.48. The lowest BCUT2D eigenvalue weighted by Crippen LogP contribution is -2.29. The number of carbonyl (C=O) groups excluding carboxylic acids is 1. The number of methoxy groups -OCH3 is 1. The van der Waals surface area contributed by atoms with Crippen molar-refractivity contribution < 1.29 is 9.53 Å². The van der Waals surface area contributed by atoms with Crippen LogP contribution in [0.3, 0.4) is 0 Å². The molecule has 0 unspecified atom stereocenters. The van der Waals surface area contributed by atoms with Crippen molar-refractivity contribution in [1.82, 2.24) is 10.2 Å². The minimum absolute atomic E-state index is 0.166. The van der Waals surface area contributed by atoms with E-state index in [0.29, 0.717) is 13.0 Å². The summed E-state index contributed by atoms with van der Waals surface area (Å²) in [7, 11) is 1.63. The first-order valence-corrected chi connectivity index (χ1v) is 8.91. The van der Waals surface area contributed by atoms with Gasteiger partial charge in [-0.05, 0) is 37.0 Å². The summed E-state index contributed by atoms with van der Waals surface area (Å²) in [4.78, 5) is 14.3. The van der Waals surface area contributed by atoms with Crippen LogP contribution in [0.2, 0.25) is 0 Å². The van der Waals surface area contributed by atoms with Gasteiger partial charge in [0.2, 0.25) is 0 Å². The van der Waals surface area contributed by atoms with Crippen molar-refractivity contribution >= 4 is 5.91 Å². The van der Waals surface area contributed by atoms with Gasteiger partial charge in [-0.15, -0.1) is 0 Å². The SMILES string of the molecule is CCCCN(/C=C(/C#N)C(=O)NCCc1ccc(OC)cc1)CCC. The van der Waals surface area contributed by atoms with Crippen LogP contribution in [0.4, 0.5) is 0 Å². The maximum absolute atomic E-state index is 12.2. The van der Waals surface area contributed by atoms with E-state index in [2.05, 4.69) is 24.1 Å². The van der Waals surface area contributed by atoms with Crippen molar-refractivity contribution in [3.63, 3.8) is 0 Å². The molecule has 1 N–H and O–H groups in total. The predicted molar refractivity (Wildman–Crippen MR) is 100 cm³/mol. The second kappa shape index (κ2) is 12.0. The fourth-order valence-corrected chi connectivity index (χ4v) is 2.42. The van der Waals surface area contributed by atoms with Crippen LogP contribution < -0.4 is 10.1 Å². The molecule has 1 rings (SSSR count). The molecule has 0 radical (unpaired) electrons. The van der Waals surface area contributed by atoms with E-state index >= 15 is 0 Å². The van der Waals surface area contributed by atoms with Gasteiger partial charge in [-0.3, -0.25) is 4.79 Å². The Labute approximate surface area is 151 Å². The first kappa shape index (κ1) is 20.6. The second-order valence-corrected chi connectivity index (χ2v) is 5.90.